The highest BCUT2D eigenvalue weighted by atomic mass is 32.1. The topological polar surface area (TPSA) is 74.3 Å². The minimum Gasteiger partial charge on any atom is -0.378 e. The maximum atomic E-state index is 12.8. The molecule has 6 nitrogen and oxygen atoms in total. The number of hydrogen-bond donors (Lipinski definition) is 2. The molecule has 0 atom stereocenters. The summed E-state index contributed by atoms with van der Waals surface area (Å²) < 4.78 is 4.28. The van der Waals surface area contributed by atoms with Crippen molar-refractivity contribution >= 4 is 28.3 Å². The lowest BCUT2D eigenvalue weighted by atomic mass is 10.0. The molecule has 7 heteroatoms. The second-order valence-electron chi connectivity index (χ2n) is 6.84. The lowest BCUT2D eigenvalue weighted by Crippen LogP contribution is -2.46. The second kappa shape index (κ2) is 8.99. The normalized spacial score (nSPS) is 14.8. The van der Waals surface area contributed by atoms with Crippen molar-refractivity contribution < 1.29 is 9.59 Å². The number of aromatic nitrogens is 1. The predicted molar refractivity (Wildman–Crippen MR) is 108 cm³/mol. The smallest absolute Gasteiger partial charge is 0.258 e. The minimum absolute atomic E-state index is 0.0273. The number of nitrogens with zero attached hydrogens (tertiary/aromatic N) is 2. The third-order valence-corrected chi connectivity index (χ3v) is 5.89. The number of aryl methyl sites for hydroxylation is 2. The van der Waals surface area contributed by atoms with Crippen LogP contribution >= 0.6 is 11.5 Å². The summed E-state index contributed by atoms with van der Waals surface area (Å²) in [6, 6.07) is 10.2. The van der Waals surface area contributed by atoms with Gasteiger partial charge in [-0.1, -0.05) is 30.3 Å². The molecule has 0 saturated carbocycles. The predicted octanol–water partition coefficient (Wildman–Crippen LogP) is 2.85. The number of nitrogens with one attached hydrogen (secondary N) is 2. The van der Waals surface area contributed by atoms with Crippen LogP contribution in [0.1, 0.15) is 40.9 Å². The number of carbonyl (C=O) groups excluding carboxylic acids is 2. The Kier molecular flexibility index (Phi) is 6.45. The van der Waals surface area contributed by atoms with Gasteiger partial charge in [0.2, 0.25) is 5.91 Å². The van der Waals surface area contributed by atoms with E-state index in [1.165, 1.54) is 17.1 Å². The Morgan fingerprint density at radius 1 is 1.22 bits per heavy atom. The van der Waals surface area contributed by atoms with Crippen LogP contribution in [0.25, 0.3) is 0 Å². The van der Waals surface area contributed by atoms with Gasteiger partial charge in [-0.3, -0.25) is 9.59 Å². The van der Waals surface area contributed by atoms with Crippen LogP contribution < -0.4 is 10.6 Å². The number of carbonyl (C=O) groups is 2. The van der Waals surface area contributed by atoms with E-state index in [1.54, 1.807) is 7.05 Å². The molecule has 3 rings (SSSR count). The van der Waals surface area contributed by atoms with Gasteiger partial charge in [0.15, 0.2) is 0 Å². The Hall–Kier alpha value is -2.41. The minimum atomic E-state index is 0.0273. The van der Waals surface area contributed by atoms with E-state index in [-0.39, 0.29) is 17.9 Å². The first kappa shape index (κ1) is 19.4. The molecular weight excluding hydrogens is 360 g/mol. The highest BCUT2D eigenvalue weighted by Gasteiger charge is 2.28. The Bertz CT molecular complexity index is 783. The van der Waals surface area contributed by atoms with Crippen molar-refractivity contribution in [2.75, 3.05) is 25.5 Å². The van der Waals surface area contributed by atoms with Gasteiger partial charge in [-0.05, 0) is 43.3 Å². The van der Waals surface area contributed by atoms with Gasteiger partial charge in [0.05, 0.1) is 11.3 Å². The van der Waals surface area contributed by atoms with Gasteiger partial charge < -0.3 is 15.5 Å². The number of anilines is 1. The van der Waals surface area contributed by atoms with Crippen molar-refractivity contribution in [1.82, 2.24) is 14.6 Å². The Balaban J connectivity index is 1.46. The molecule has 0 radical (unpaired) electrons. The van der Waals surface area contributed by atoms with Crippen LogP contribution in [0.15, 0.2) is 30.3 Å². The van der Waals surface area contributed by atoms with Gasteiger partial charge in [-0.15, -0.1) is 0 Å². The molecule has 1 aromatic carbocycles. The second-order valence-corrected chi connectivity index (χ2v) is 7.62. The molecular formula is C20H26N4O2S. The molecule has 27 heavy (non-hydrogen) atoms. The zero-order valence-electron chi connectivity index (χ0n) is 15.8. The van der Waals surface area contributed by atoms with E-state index in [0.717, 1.165) is 30.0 Å². The fourth-order valence-corrected chi connectivity index (χ4v) is 4.12. The molecule has 1 aliphatic heterocycles. The number of rotatable bonds is 6. The highest BCUT2D eigenvalue weighted by molar-refractivity contribution is 7.10. The molecule has 0 bridgehead atoms. The Labute approximate surface area is 164 Å². The largest absolute Gasteiger partial charge is 0.378 e. The summed E-state index contributed by atoms with van der Waals surface area (Å²) in [4.78, 5) is 26.9. The van der Waals surface area contributed by atoms with Crippen LogP contribution in [0.3, 0.4) is 0 Å². The Morgan fingerprint density at radius 3 is 2.59 bits per heavy atom. The lowest BCUT2D eigenvalue weighted by molar-refractivity contribution is -0.122. The molecule has 0 unspecified atom stereocenters. The molecule has 2 aromatic rings. The molecule has 2 amide bonds. The number of benzene rings is 1. The number of likely N-dealkylation sites (tertiary alicyclic amines) is 1. The molecule has 144 valence electrons. The molecule has 1 saturated heterocycles. The SMILES string of the molecule is CNc1snc(C)c1C(=O)N1CCC(NC(=O)CCc2ccccc2)CC1. The van der Waals surface area contributed by atoms with Crippen molar-refractivity contribution in [3.8, 4) is 0 Å². The monoisotopic (exact) mass is 386 g/mol. The zero-order chi connectivity index (χ0) is 19.2. The van der Waals surface area contributed by atoms with Gasteiger partial charge in [0.1, 0.15) is 5.00 Å². The quantitative estimate of drug-likeness (QED) is 0.801. The van der Waals surface area contributed by atoms with Crippen molar-refractivity contribution in [2.24, 2.45) is 0 Å². The summed E-state index contributed by atoms with van der Waals surface area (Å²) in [5.74, 6) is 0.110. The fourth-order valence-electron chi connectivity index (χ4n) is 3.38. The third-order valence-electron chi connectivity index (χ3n) is 4.93. The van der Waals surface area contributed by atoms with Crippen LogP contribution in [-0.2, 0) is 11.2 Å². The van der Waals surface area contributed by atoms with Gasteiger partial charge in [-0.25, -0.2) is 0 Å². The molecule has 1 fully saturated rings. The molecule has 2 heterocycles. The fraction of sp³-hybridized carbons (Fsp3) is 0.450. The van der Waals surface area contributed by atoms with Crippen molar-refractivity contribution in [2.45, 2.75) is 38.6 Å². The van der Waals surface area contributed by atoms with Crippen LogP contribution in [0.4, 0.5) is 5.00 Å². The van der Waals surface area contributed by atoms with Gasteiger partial charge in [0.25, 0.3) is 5.91 Å². The summed E-state index contributed by atoms with van der Waals surface area (Å²) in [5.41, 5.74) is 2.62. The first-order chi connectivity index (χ1) is 13.1. The van der Waals surface area contributed by atoms with E-state index >= 15 is 0 Å². The van der Waals surface area contributed by atoms with E-state index in [1.807, 2.05) is 42.2 Å². The zero-order valence-corrected chi connectivity index (χ0v) is 16.6. The first-order valence-electron chi connectivity index (χ1n) is 9.35. The van der Waals surface area contributed by atoms with Gasteiger partial charge in [0, 0.05) is 32.6 Å². The summed E-state index contributed by atoms with van der Waals surface area (Å²) in [5, 5.41) is 6.98. The summed E-state index contributed by atoms with van der Waals surface area (Å²) in [6.45, 7) is 3.17. The van der Waals surface area contributed by atoms with Crippen LogP contribution in [0.2, 0.25) is 0 Å². The highest BCUT2D eigenvalue weighted by Crippen LogP contribution is 2.26. The third kappa shape index (κ3) is 4.86. The van der Waals surface area contributed by atoms with E-state index in [9.17, 15) is 9.59 Å². The molecule has 1 aromatic heterocycles. The van der Waals surface area contributed by atoms with Crippen molar-refractivity contribution in [1.29, 1.82) is 0 Å². The van der Waals surface area contributed by atoms with E-state index in [2.05, 4.69) is 15.0 Å². The number of hydrogen-bond acceptors (Lipinski definition) is 5. The van der Waals surface area contributed by atoms with Crippen LogP contribution in [0.5, 0.6) is 0 Å². The molecule has 0 spiro atoms. The first-order valence-corrected chi connectivity index (χ1v) is 10.1. The summed E-state index contributed by atoms with van der Waals surface area (Å²) >= 11 is 1.32. The molecule has 2 N–H and O–H groups in total. The van der Waals surface area contributed by atoms with E-state index in [4.69, 9.17) is 0 Å². The van der Waals surface area contributed by atoms with Gasteiger partial charge in [-0.2, -0.15) is 4.37 Å². The standard InChI is InChI=1S/C20H26N4O2S/c1-14-18(19(21-2)27-23-14)20(26)24-12-10-16(11-13-24)22-17(25)9-8-15-6-4-3-5-7-15/h3-7,16,21H,8-13H2,1-2H3,(H,22,25). The summed E-state index contributed by atoms with van der Waals surface area (Å²) in [7, 11) is 1.81. The van der Waals surface area contributed by atoms with Crippen molar-refractivity contribution in [3.05, 3.63) is 47.2 Å². The van der Waals surface area contributed by atoms with E-state index < -0.39 is 0 Å². The molecule has 1 aliphatic rings. The maximum Gasteiger partial charge on any atom is 0.258 e. The summed E-state index contributed by atoms with van der Waals surface area (Å²) in [6.07, 6.45) is 2.82. The van der Waals surface area contributed by atoms with Crippen molar-refractivity contribution in [3.63, 3.8) is 0 Å². The average molecular weight is 387 g/mol. The molecule has 0 aliphatic carbocycles. The lowest BCUT2D eigenvalue weighted by Gasteiger charge is -2.32. The Morgan fingerprint density at radius 2 is 1.93 bits per heavy atom. The van der Waals surface area contributed by atoms with Crippen LogP contribution in [-0.4, -0.2) is 47.3 Å². The van der Waals surface area contributed by atoms with E-state index in [0.29, 0.717) is 25.1 Å². The van der Waals surface area contributed by atoms with Crippen LogP contribution in [0, 0.1) is 6.92 Å². The maximum absolute atomic E-state index is 12.8. The average Bonchev–Trinajstić information content (AvgIpc) is 3.08. The van der Waals surface area contributed by atoms with Gasteiger partial charge >= 0.3 is 0 Å². The number of amides is 2. The number of piperidine rings is 1.